The fourth-order valence-corrected chi connectivity index (χ4v) is 1.87. The van der Waals surface area contributed by atoms with Gasteiger partial charge in [-0.3, -0.25) is 0 Å². The van der Waals surface area contributed by atoms with Gasteiger partial charge >= 0.3 is 6.18 Å². The monoisotopic (exact) mass is 352 g/mol. The molecule has 0 bridgehead atoms. The molecule has 0 aliphatic heterocycles. The van der Waals surface area contributed by atoms with Gasteiger partial charge in [0, 0.05) is 14.1 Å². The van der Waals surface area contributed by atoms with E-state index in [1.165, 1.54) is 0 Å². The number of rotatable bonds is 4. The first kappa shape index (κ1) is 18.6. The summed E-state index contributed by atoms with van der Waals surface area (Å²) in [5.74, 6) is -1.28. The molecule has 0 saturated heterocycles. The van der Waals surface area contributed by atoms with E-state index in [4.69, 9.17) is 0 Å². The van der Waals surface area contributed by atoms with E-state index in [1.54, 1.807) is 32.8 Å². The van der Waals surface area contributed by atoms with Crippen molar-refractivity contribution in [3.8, 4) is 0 Å². The van der Waals surface area contributed by atoms with Gasteiger partial charge in [0.15, 0.2) is 0 Å². The first-order chi connectivity index (χ1) is 11.7. The van der Waals surface area contributed by atoms with Gasteiger partial charge in [-0.05, 0) is 19.4 Å². The van der Waals surface area contributed by atoms with Gasteiger partial charge in [-0.15, -0.1) is 0 Å². The third-order valence-electron chi connectivity index (χ3n) is 3.43. The minimum Gasteiger partial charge on any atom is -0.366 e. The Hall–Kier alpha value is -2.71. The van der Waals surface area contributed by atoms with Crippen LogP contribution in [-0.2, 0) is 6.18 Å². The highest BCUT2D eigenvalue weighted by molar-refractivity contribution is 5.81. The highest BCUT2D eigenvalue weighted by Crippen LogP contribution is 2.28. The van der Waals surface area contributed by atoms with Gasteiger partial charge in [0.1, 0.15) is 5.84 Å². The van der Waals surface area contributed by atoms with E-state index in [0.29, 0.717) is 5.84 Å². The summed E-state index contributed by atoms with van der Waals surface area (Å²) in [4.78, 5) is 16.5. The molecule has 1 N–H and O–H groups in total. The second-order valence-corrected chi connectivity index (χ2v) is 5.61. The normalized spacial score (nSPS) is 13.5. The molecule has 0 spiro atoms. The maximum atomic E-state index is 13.1. The smallest absolute Gasteiger partial charge is 0.366 e. The molecular weight excluding hydrogens is 333 g/mol. The number of hydrogen-bond donors (Lipinski definition) is 1. The molecule has 0 aliphatic rings. The van der Waals surface area contributed by atoms with Crippen molar-refractivity contribution >= 4 is 17.7 Å². The van der Waals surface area contributed by atoms with Gasteiger partial charge in [0.2, 0.25) is 11.8 Å². The number of benzene rings is 1. The Morgan fingerprint density at radius 2 is 1.76 bits per heavy atom. The predicted octanol–water partition coefficient (Wildman–Crippen LogP) is 3.68. The third kappa shape index (κ3) is 5.13. The van der Waals surface area contributed by atoms with Crippen LogP contribution in [0.1, 0.15) is 31.3 Å². The number of amidine groups is 1. The summed E-state index contributed by atoms with van der Waals surface area (Å²) < 4.78 is 39.2. The van der Waals surface area contributed by atoms with Crippen molar-refractivity contribution in [2.45, 2.75) is 26.1 Å². The molecular formula is C16H19F3N6. The van der Waals surface area contributed by atoms with Crippen LogP contribution in [0.15, 0.2) is 35.3 Å². The quantitative estimate of drug-likeness (QED) is 0.672. The second-order valence-electron chi connectivity index (χ2n) is 5.61. The van der Waals surface area contributed by atoms with Crippen LogP contribution in [-0.4, -0.2) is 39.8 Å². The molecule has 2 aromatic rings. The first-order valence-electron chi connectivity index (χ1n) is 7.54. The molecule has 0 saturated carbocycles. The molecule has 1 heterocycles. The maximum Gasteiger partial charge on any atom is 0.451 e. The van der Waals surface area contributed by atoms with Crippen LogP contribution in [0.4, 0.5) is 25.1 Å². The minimum absolute atomic E-state index is 0.177. The van der Waals surface area contributed by atoms with Gasteiger partial charge in [-0.25, -0.2) is 0 Å². The van der Waals surface area contributed by atoms with Gasteiger partial charge in [0.25, 0.3) is 5.95 Å². The Morgan fingerprint density at radius 1 is 1.12 bits per heavy atom. The van der Waals surface area contributed by atoms with Crippen molar-refractivity contribution in [3.05, 3.63) is 41.7 Å². The van der Waals surface area contributed by atoms with E-state index in [-0.39, 0.29) is 17.9 Å². The Kier molecular flexibility index (Phi) is 5.55. The largest absolute Gasteiger partial charge is 0.451 e. The predicted molar refractivity (Wildman–Crippen MR) is 89.8 cm³/mol. The zero-order chi connectivity index (χ0) is 18.6. The topological polar surface area (TPSA) is 66.3 Å². The first-order valence-corrected chi connectivity index (χ1v) is 7.54. The molecule has 25 heavy (non-hydrogen) atoms. The van der Waals surface area contributed by atoms with Crippen molar-refractivity contribution in [3.63, 3.8) is 0 Å². The van der Waals surface area contributed by atoms with E-state index in [9.17, 15) is 13.2 Å². The third-order valence-corrected chi connectivity index (χ3v) is 3.43. The van der Waals surface area contributed by atoms with Crippen molar-refractivity contribution in [1.82, 2.24) is 19.9 Å². The Labute approximate surface area is 143 Å². The molecule has 1 aromatic heterocycles. The number of nitrogens with zero attached hydrogens (tertiary/aromatic N) is 5. The fraction of sp³-hybridized carbons (Fsp3) is 0.375. The van der Waals surface area contributed by atoms with Crippen molar-refractivity contribution in [2.24, 2.45) is 4.99 Å². The molecule has 2 rings (SSSR count). The fourth-order valence-electron chi connectivity index (χ4n) is 1.87. The summed E-state index contributed by atoms with van der Waals surface area (Å²) in [7, 11) is 3.45. The summed E-state index contributed by atoms with van der Waals surface area (Å²) in [5, 5.41) is 2.87. The Balaban J connectivity index is 2.38. The van der Waals surface area contributed by atoms with Crippen molar-refractivity contribution in [1.29, 1.82) is 0 Å². The SMILES string of the molecule is C/C(=N\c1nc(NC(C)c2ccccc2)nc(C(F)(F)F)n1)N(C)C. The molecule has 1 aromatic carbocycles. The summed E-state index contributed by atoms with van der Waals surface area (Å²) in [5.41, 5.74) is 0.894. The summed E-state index contributed by atoms with van der Waals surface area (Å²) in [6.07, 6.45) is -4.69. The molecule has 1 unspecified atom stereocenters. The van der Waals surface area contributed by atoms with Gasteiger partial charge in [-0.2, -0.15) is 33.1 Å². The van der Waals surface area contributed by atoms with Crippen LogP contribution in [0.3, 0.4) is 0 Å². The standard InChI is InChI=1S/C16H19F3N6/c1-10(12-8-6-5-7-9-12)20-14-22-13(16(17,18)19)23-15(24-14)21-11(2)25(3)4/h5-10H,1-4H3,(H,20,22,23,24)/b21-11+. The summed E-state index contributed by atoms with van der Waals surface area (Å²) in [6, 6.07) is 8.99. The summed E-state index contributed by atoms with van der Waals surface area (Å²) >= 11 is 0. The zero-order valence-corrected chi connectivity index (χ0v) is 14.3. The zero-order valence-electron chi connectivity index (χ0n) is 14.3. The van der Waals surface area contributed by atoms with Crippen LogP contribution in [0.25, 0.3) is 0 Å². The average Bonchev–Trinajstić information content (AvgIpc) is 2.54. The molecule has 0 fully saturated rings. The Morgan fingerprint density at radius 3 is 2.32 bits per heavy atom. The number of anilines is 1. The van der Waals surface area contributed by atoms with E-state index >= 15 is 0 Å². The van der Waals surface area contributed by atoms with Crippen molar-refractivity contribution in [2.75, 3.05) is 19.4 Å². The van der Waals surface area contributed by atoms with Gasteiger partial charge in [0.05, 0.1) is 6.04 Å². The van der Waals surface area contributed by atoms with Crippen molar-refractivity contribution < 1.29 is 13.2 Å². The number of alkyl halides is 3. The van der Waals surface area contributed by atoms with Gasteiger partial charge in [-0.1, -0.05) is 30.3 Å². The van der Waals surface area contributed by atoms with E-state index < -0.39 is 12.0 Å². The maximum absolute atomic E-state index is 13.1. The van der Waals surface area contributed by atoms with Crippen LogP contribution in [0.2, 0.25) is 0 Å². The Bertz CT molecular complexity index is 743. The molecule has 9 heteroatoms. The lowest BCUT2D eigenvalue weighted by molar-refractivity contribution is -0.144. The molecule has 0 amide bonds. The highest BCUT2D eigenvalue weighted by Gasteiger charge is 2.36. The average molecular weight is 352 g/mol. The van der Waals surface area contributed by atoms with Crippen LogP contribution in [0, 0.1) is 0 Å². The van der Waals surface area contributed by atoms with Crippen LogP contribution < -0.4 is 5.32 Å². The summed E-state index contributed by atoms with van der Waals surface area (Å²) in [6.45, 7) is 3.46. The van der Waals surface area contributed by atoms with E-state index in [1.807, 2.05) is 30.3 Å². The van der Waals surface area contributed by atoms with Gasteiger partial charge < -0.3 is 10.2 Å². The number of nitrogens with one attached hydrogen (secondary N) is 1. The van der Waals surface area contributed by atoms with Crippen LogP contribution in [0.5, 0.6) is 0 Å². The number of halogens is 3. The highest BCUT2D eigenvalue weighted by atomic mass is 19.4. The number of hydrogen-bond acceptors (Lipinski definition) is 5. The molecule has 6 nitrogen and oxygen atoms in total. The lowest BCUT2D eigenvalue weighted by atomic mass is 10.1. The molecule has 0 radical (unpaired) electrons. The lowest BCUT2D eigenvalue weighted by Gasteiger charge is -2.16. The van der Waals surface area contributed by atoms with Crippen LogP contribution >= 0.6 is 0 Å². The van der Waals surface area contributed by atoms with E-state index in [0.717, 1.165) is 5.56 Å². The number of aliphatic imine (C=N–C) groups is 1. The molecule has 1 atom stereocenters. The molecule has 0 aliphatic carbocycles. The lowest BCUT2D eigenvalue weighted by Crippen LogP contribution is -2.19. The van der Waals surface area contributed by atoms with E-state index in [2.05, 4.69) is 25.3 Å². The second kappa shape index (κ2) is 7.45. The molecule has 134 valence electrons. The number of aromatic nitrogens is 3. The minimum atomic E-state index is -4.69.